The predicted octanol–water partition coefficient (Wildman–Crippen LogP) is 0.729. The van der Waals surface area contributed by atoms with Crippen LogP contribution in [0.4, 0.5) is 0 Å². The summed E-state index contributed by atoms with van der Waals surface area (Å²) < 4.78 is 0. The monoisotopic (exact) mass is 423 g/mol. The fourth-order valence-corrected chi connectivity index (χ4v) is 3.44. The lowest BCUT2D eigenvalue weighted by Crippen LogP contribution is -2.54. The van der Waals surface area contributed by atoms with Gasteiger partial charge in [-0.05, 0) is 24.1 Å². The van der Waals surface area contributed by atoms with Crippen molar-refractivity contribution < 1.29 is 29.1 Å². The van der Waals surface area contributed by atoms with Crippen molar-refractivity contribution in [2.75, 3.05) is 0 Å². The normalized spacial score (nSPS) is 14.6. The summed E-state index contributed by atoms with van der Waals surface area (Å²) in [4.78, 5) is 62.4. The molecule has 160 valence electrons. The van der Waals surface area contributed by atoms with Crippen molar-refractivity contribution in [2.45, 2.75) is 31.3 Å². The SMILES string of the molecule is NC(=O)CC[C@H](NC(=O)[C@@H](Cc1ccccc1)N1C(=O)c2ccccc2C1=O)C(=O)O. The number of rotatable bonds is 9. The second kappa shape index (κ2) is 9.21. The van der Waals surface area contributed by atoms with Gasteiger partial charge in [-0.2, -0.15) is 0 Å². The number of nitrogens with two attached hydrogens (primary N) is 1. The standard InChI is InChI=1S/C22H21N3O6/c23-18(26)11-10-16(22(30)31)24-19(27)17(12-13-6-2-1-3-7-13)25-20(28)14-8-4-5-9-15(14)21(25)29/h1-9,16-17H,10-12H2,(H2,23,26)(H,24,27)(H,30,31)/t16-,17+/m0/s1. The van der Waals surface area contributed by atoms with Gasteiger partial charge in [0.1, 0.15) is 12.1 Å². The fraction of sp³-hybridized carbons (Fsp3) is 0.227. The number of carboxylic acid groups (broad SMARTS) is 1. The number of imide groups is 1. The molecule has 0 saturated carbocycles. The number of hydrogen-bond acceptors (Lipinski definition) is 5. The third-order valence-electron chi connectivity index (χ3n) is 5.01. The van der Waals surface area contributed by atoms with Gasteiger partial charge in [-0.25, -0.2) is 4.79 Å². The van der Waals surface area contributed by atoms with E-state index in [1.54, 1.807) is 42.5 Å². The molecule has 0 unspecified atom stereocenters. The van der Waals surface area contributed by atoms with Crippen LogP contribution in [0.1, 0.15) is 39.1 Å². The Hall–Kier alpha value is -4.01. The zero-order chi connectivity index (χ0) is 22.5. The number of benzene rings is 2. The van der Waals surface area contributed by atoms with Gasteiger partial charge < -0.3 is 16.2 Å². The van der Waals surface area contributed by atoms with Crippen LogP contribution in [0.2, 0.25) is 0 Å². The minimum atomic E-state index is -1.39. The number of fused-ring (bicyclic) bond motifs is 1. The van der Waals surface area contributed by atoms with E-state index in [4.69, 9.17) is 5.73 Å². The number of carbonyl (C=O) groups excluding carboxylic acids is 4. The first-order chi connectivity index (χ1) is 14.8. The van der Waals surface area contributed by atoms with Crippen LogP contribution in [0.3, 0.4) is 0 Å². The molecule has 9 heteroatoms. The first-order valence-corrected chi connectivity index (χ1v) is 9.62. The Labute approximate surface area is 177 Å². The molecule has 0 aromatic heterocycles. The summed E-state index contributed by atoms with van der Waals surface area (Å²) in [6.45, 7) is 0. The molecule has 2 aromatic rings. The van der Waals surface area contributed by atoms with Crippen LogP contribution in [0, 0.1) is 0 Å². The summed E-state index contributed by atoms with van der Waals surface area (Å²) in [6, 6.07) is 12.3. The minimum Gasteiger partial charge on any atom is -0.480 e. The highest BCUT2D eigenvalue weighted by Gasteiger charge is 2.43. The van der Waals surface area contributed by atoms with E-state index in [0.717, 1.165) is 4.90 Å². The molecule has 0 saturated heterocycles. The lowest BCUT2D eigenvalue weighted by atomic mass is 10.0. The second-order valence-corrected chi connectivity index (χ2v) is 7.14. The summed E-state index contributed by atoms with van der Waals surface area (Å²) in [6.07, 6.45) is -0.454. The molecule has 0 fully saturated rings. The molecule has 0 radical (unpaired) electrons. The average Bonchev–Trinajstić information content (AvgIpc) is 3.00. The molecule has 1 heterocycles. The predicted molar refractivity (Wildman–Crippen MR) is 109 cm³/mol. The van der Waals surface area contributed by atoms with Crippen molar-refractivity contribution in [2.24, 2.45) is 5.73 Å². The zero-order valence-corrected chi connectivity index (χ0v) is 16.5. The lowest BCUT2D eigenvalue weighted by Gasteiger charge is -2.27. The van der Waals surface area contributed by atoms with Gasteiger partial charge in [-0.1, -0.05) is 42.5 Å². The van der Waals surface area contributed by atoms with Crippen LogP contribution < -0.4 is 11.1 Å². The third-order valence-corrected chi connectivity index (χ3v) is 5.01. The molecule has 4 N–H and O–H groups in total. The zero-order valence-electron chi connectivity index (χ0n) is 16.5. The molecule has 4 amide bonds. The molecule has 3 rings (SSSR count). The number of carbonyl (C=O) groups is 5. The first-order valence-electron chi connectivity index (χ1n) is 9.62. The quantitative estimate of drug-likeness (QED) is 0.507. The van der Waals surface area contributed by atoms with E-state index in [1.807, 2.05) is 0 Å². The van der Waals surface area contributed by atoms with Crippen LogP contribution in [0.25, 0.3) is 0 Å². The molecular weight excluding hydrogens is 402 g/mol. The number of nitrogens with zero attached hydrogens (tertiary/aromatic N) is 1. The molecule has 9 nitrogen and oxygen atoms in total. The molecule has 1 aliphatic heterocycles. The number of amides is 4. The molecule has 0 bridgehead atoms. The van der Waals surface area contributed by atoms with Gasteiger partial charge in [-0.15, -0.1) is 0 Å². The average molecular weight is 423 g/mol. The summed E-state index contributed by atoms with van der Waals surface area (Å²) >= 11 is 0. The maximum atomic E-state index is 13.1. The number of primary amides is 1. The maximum absolute atomic E-state index is 13.1. The summed E-state index contributed by atoms with van der Waals surface area (Å²) in [7, 11) is 0. The summed E-state index contributed by atoms with van der Waals surface area (Å²) in [5.41, 5.74) is 6.12. The van der Waals surface area contributed by atoms with Crippen LogP contribution in [-0.4, -0.2) is 51.7 Å². The Morgan fingerprint density at radius 3 is 2.00 bits per heavy atom. The van der Waals surface area contributed by atoms with Crippen molar-refractivity contribution in [1.82, 2.24) is 10.2 Å². The highest BCUT2D eigenvalue weighted by molar-refractivity contribution is 6.22. The van der Waals surface area contributed by atoms with E-state index < -0.39 is 41.7 Å². The maximum Gasteiger partial charge on any atom is 0.326 e. The van der Waals surface area contributed by atoms with Crippen molar-refractivity contribution in [3.8, 4) is 0 Å². The van der Waals surface area contributed by atoms with Crippen molar-refractivity contribution in [3.63, 3.8) is 0 Å². The number of aliphatic carboxylic acids is 1. The van der Waals surface area contributed by atoms with Crippen molar-refractivity contribution >= 4 is 29.6 Å². The largest absolute Gasteiger partial charge is 0.480 e. The second-order valence-electron chi connectivity index (χ2n) is 7.14. The van der Waals surface area contributed by atoms with Crippen molar-refractivity contribution in [1.29, 1.82) is 0 Å². The first kappa shape index (κ1) is 21.7. The molecular formula is C22H21N3O6. The van der Waals surface area contributed by atoms with Gasteiger partial charge in [0.15, 0.2) is 0 Å². The topological polar surface area (TPSA) is 147 Å². The van der Waals surface area contributed by atoms with E-state index in [2.05, 4.69) is 5.32 Å². The Morgan fingerprint density at radius 2 is 1.48 bits per heavy atom. The highest BCUT2D eigenvalue weighted by atomic mass is 16.4. The number of nitrogens with one attached hydrogen (secondary N) is 1. The lowest BCUT2D eigenvalue weighted by molar-refractivity contribution is -0.142. The van der Waals surface area contributed by atoms with Gasteiger partial charge in [-0.3, -0.25) is 24.1 Å². The number of hydrogen-bond donors (Lipinski definition) is 3. The van der Waals surface area contributed by atoms with Gasteiger partial charge in [0.25, 0.3) is 11.8 Å². The van der Waals surface area contributed by atoms with E-state index in [9.17, 15) is 29.1 Å². The van der Waals surface area contributed by atoms with Crippen molar-refractivity contribution in [3.05, 3.63) is 71.3 Å². The van der Waals surface area contributed by atoms with Gasteiger partial charge in [0.2, 0.25) is 11.8 Å². The van der Waals surface area contributed by atoms with Gasteiger partial charge >= 0.3 is 5.97 Å². The molecule has 0 aliphatic carbocycles. The summed E-state index contributed by atoms with van der Waals surface area (Å²) in [5.74, 6) is -4.12. The summed E-state index contributed by atoms with van der Waals surface area (Å²) in [5, 5.41) is 11.7. The highest BCUT2D eigenvalue weighted by Crippen LogP contribution is 2.26. The van der Waals surface area contributed by atoms with Crippen LogP contribution in [0.5, 0.6) is 0 Å². The van der Waals surface area contributed by atoms with E-state index in [0.29, 0.717) is 5.56 Å². The van der Waals surface area contributed by atoms with E-state index >= 15 is 0 Å². The molecule has 2 aromatic carbocycles. The Balaban J connectivity index is 1.91. The van der Waals surface area contributed by atoms with Crippen LogP contribution >= 0.6 is 0 Å². The van der Waals surface area contributed by atoms with E-state index in [-0.39, 0.29) is 30.4 Å². The molecule has 0 spiro atoms. The third kappa shape index (κ3) is 4.77. The smallest absolute Gasteiger partial charge is 0.326 e. The molecule has 1 aliphatic rings. The van der Waals surface area contributed by atoms with Crippen LogP contribution in [0.15, 0.2) is 54.6 Å². The van der Waals surface area contributed by atoms with E-state index in [1.165, 1.54) is 12.1 Å². The Bertz CT molecular complexity index is 1000. The molecule has 2 atom stereocenters. The molecule has 31 heavy (non-hydrogen) atoms. The minimum absolute atomic E-state index is 0.000298. The van der Waals surface area contributed by atoms with Gasteiger partial charge in [0, 0.05) is 12.8 Å². The fourth-order valence-electron chi connectivity index (χ4n) is 3.44. The Kier molecular flexibility index (Phi) is 6.44. The number of carboxylic acids is 1. The Morgan fingerprint density at radius 1 is 0.935 bits per heavy atom. The van der Waals surface area contributed by atoms with Gasteiger partial charge in [0.05, 0.1) is 11.1 Å². The van der Waals surface area contributed by atoms with Crippen LogP contribution in [-0.2, 0) is 20.8 Å².